The third kappa shape index (κ3) is 5.47. The summed E-state index contributed by atoms with van der Waals surface area (Å²) < 4.78 is 6.30. The number of carbonyl (C=O) groups is 1. The molecule has 12 heteroatoms. The Hall–Kier alpha value is -3.37. The molecule has 9 nitrogen and oxygen atoms in total. The minimum Gasteiger partial charge on any atom is -0.619 e. The lowest BCUT2D eigenvalue weighted by atomic mass is 9.83. The Labute approximate surface area is 250 Å². The Balaban J connectivity index is 1.24. The van der Waals surface area contributed by atoms with Crippen molar-refractivity contribution < 1.29 is 24.3 Å². The van der Waals surface area contributed by atoms with Gasteiger partial charge in [0.2, 0.25) is 0 Å². The van der Waals surface area contributed by atoms with Gasteiger partial charge in [-0.1, -0.05) is 52.1 Å². The normalized spacial score (nSPS) is 16.6. The van der Waals surface area contributed by atoms with Gasteiger partial charge in [0.15, 0.2) is 12.4 Å². The molecule has 1 saturated carbocycles. The van der Waals surface area contributed by atoms with E-state index in [1.165, 1.54) is 30.7 Å². The molecule has 2 fully saturated rings. The van der Waals surface area contributed by atoms with Crippen LogP contribution in [0.2, 0.25) is 15.1 Å². The van der Waals surface area contributed by atoms with Crippen LogP contribution in [0.1, 0.15) is 64.4 Å². The zero-order valence-corrected chi connectivity index (χ0v) is 24.0. The quantitative estimate of drug-likeness (QED) is 0.192. The average molecular weight is 616 g/mol. The Morgan fingerprint density at radius 2 is 1.80 bits per heavy atom. The molecule has 4 heterocycles. The highest BCUT2D eigenvalue weighted by Gasteiger charge is 2.37. The molecule has 0 atom stereocenters. The molecule has 1 aromatic carbocycles. The summed E-state index contributed by atoms with van der Waals surface area (Å²) in [4.78, 5) is 17.6. The van der Waals surface area contributed by atoms with Crippen molar-refractivity contribution in [2.24, 2.45) is 0 Å². The van der Waals surface area contributed by atoms with Crippen LogP contribution in [0, 0.1) is 5.21 Å². The number of pyridine rings is 2. The number of carboxylic acid groups (broad SMARTS) is 1. The van der Waals surface area contributed by atoms with Gasteiger partial charge in [0, 0.05) is 47.8 Å². The topological polar surface area (TPSA) is 127 Å². The maximum atomic E-state index is 11.8. The monoisotopic (exact) mass is 614 g/mol. The fourth-order valence-corrected chi connectivity index (χ4v) is 6.44. The van der Waals surface area contributed by atoms with Crippen LogP contribution < -0.4 is 9.63 Å². The maximum Gasteiger partial charge on any atom is 0.335 e. The molecule has 0 unspecified atom stereocenters. The molecule has 0 spiro atoms. The highest BCUT2D eigenvalue weighted by molar-refractivity contribution is 6.38. The van der Waals surface area contributed by atoms with Gasteiger partial charge in [0.05, 0.1) is 16.7 Å². The second kappa shape index (κ2) is 10.8. The van der Waals surface area contributed by atoms with Gasteiger partial charge in [-0.05, 0) is 49.4 Å². The van der Waals surface area contributed by atoms with Gasteiger partial charge in [-0.2, -0.15) is 4.73 Å². The van der Waals surface area contributed by atoms with Crippen LogP contribution in [0.5, 0.6) is 0 Å². The third-order valence-corrected chi connectivity index (χ3v) is 8.67. The first kappa shape index (κ1) is 27.8. The fourth-order valence-electron chi connectivity index (χ4n) is 5.44. The summed E-state index contributed by atoms with van der Waals surface area (Å²) >= 11 is 19.6. The summed E-state index contributed by atoms with van der Waals surface area (Å²) in [6.45, 7) is 0.975. The van der Waals surface area contributed by atoms with Crippen molar-refractivity contribution in [1.29, 1.82) is 0 Å². The minimum atomic E-state index is -1.14. The summed E-state index contributed by atoms with van der Waals surface area (Å²) in [5.41, 5.74) is 2.33. The van der Waals surface area contributed by atoms with Gasteiger partial charge in [-0.3, -0.25) is 0 Å². The summed E-state index contributed by atoms with van der Waals surface area (Å²) in [5.74, 6) is 0.594. The molecule has 2 N–H and O–H groups in total. The Morgan fingerprint density at radius 1 is 1.10 bits per heavy atom. The van der Waals surface area contributed by atoms with Gasteiger partial charge in [-0.25, -0.2) is 9.78 Å². The number of aromatic nitrogens is 3. The number of hydrogen-bond acceptors (Lipinski definition) is 7. The molecule has 212 valence electrons. The van der Waals surface area contributed by atoms with E-state index < -0.39 is 11.6 Å². The van der Waals surface area contributed by atoms with Crippen molar-refractivity contribution >= 4 is 46.6 Å². The molecular weight excluding hydrogens is 591 g/mol. The number of carboxylic acids is 1. The van der Waals surface area contributed by atoms with Crippen molar-refractivity contribution in [3.8, 4) is 11.3 Å². The molecule has 1 aliphatic heterocycles. The van der Waals surface area contributed by atoms with Crippen molar-refractivity contribution in [3.05, 3.63) is 97.2 Å². The first-order chi connectivity index (χ1) is 19.6. The van der Waals surface area contributed by atoms with E-state index in [9.17, 15) is 20.2 Å². The zero-order chi connectivity index (χ0) is 28.9. The SMILES string of the molecule is O=C(O)c1ccnc(N2CCC(O)(c3ccc(Cc4c(-c5c(Cl)c[n+]([O-])cc5Cl)noc4C4CC4)cc3Cl)CC2)c1. The van der Waals surface area contributed by atoms with Gasteiger partial charge in [0.25, 0.3) is 0 Å². The van der Waals surface area contributed by atoms with Crippen LogP contribution in [-0.2, 0) is 12.0 Å². The van der Waals surface area contributed by atoms with Crippen molar-refractivity contribution in [1.82, 2.24) is 10.1 Å². The molecule has 1 aliphatic carbocycles. The second-order valence-corrected chi connectivity index (χ2v) is 11.8. The first-order valence-electron chi connectivity index (χ1n) is 13.1. The van der Waals surface area contributed by atoms with E-state index in [1.54, 1.807) is 0 Å². The van der Waals surface area contributed by atoms with Crippen LogP contribution in [0.4, 0.5) is 5.82 Å². The predicted octanol–water partition coefficient (Wildman–Crippen LogP) is 5.98. The van der Waals surface area contributed by atoms with E-state index in [-0.39, 0.29) is 21.5 Å². The summed E-state index contributed by atoms with van der Waals surface area (Å²) in [6, 6.07) is 8.61. The third-order valence-electron chi connectivity index (χ3n) is 7.79. The second-order valence-electron chi connectivity index (χ2n) is 10.6. The summed E-state index contributed by atoms with van der Waals surface area (Å²) in [6.07, 6.45) is 7.18. The number of piperidine rings is 1. The Bertz CT molecular complexity index is 1620. The molecular formula is C29H25Cl3N4O5. The molecule has 2 aliphatic rings. The molecule has 0 amide bonds. The van der Waals surface area contributed by atoms with Gasteiger partial charge in [0.1, 0.15) is 27.3 Å². The zero-order valence-electron chi connectivity index (χ0n) is 21.7. The van der Waals surface area contributed by atoms with E-state index >= 15 is 0 Å². The molecule has 1 saturated heterocycles. The highest BCUT2D eigenvalue weighted by atomic mass is 35.5. The van der Waals surface area contributed by atoms with E-state index in [1.807, 2.05) is 23.1 Å². The minimum absolute atomic E-state index is 0.168. The van der Waals surface area contributed by atoms with Gasteiger partial charge in [-0.15, -0.1) is 0 Å². The van der Waals surface area contributed by atoms with E-state index in [2.05, 4.69) is 10.1 Å². The van der Waals surface area contributed by atoms with Crippen molar-refractivity contribution in [3.63, 3.8) is 0 Å². The number of halogens is 3. The largest absolute Gasteiger partial charge is 0.619 e. The first-order valence-corrected chi connectivity index (χ1v) is 14.3. The number of aromatic carboxylic acids is 1. The standard InChI is InChI=1S/C29H25Cl3N4O5/c30-21-12-16(11-19-26(34-41-27(19)17-2-3-17)25-22(31)14-36(40)15-23(25)32)1-4-20(21)29(39)6-9-35(10-7-29)24-13-18(28(37)38)5-8-33-24/h1,4-5,8,12-15,17,39H,2-3,6-7,9-11H2,(H,37,38). The predicted molar refractivity (Wildman–Crippen MR) is 154 cm³/mol. The van der Waals surface area contributed by atoms with Crippen LogP contribution in [-0.4, -0.2) is 39.4 Å². The highest BCUT2D eigenvalue weighted by Crippen LogP contribution is 2.46. The molecule has 0 radical (unpaired) electrons. The summed E-state index contributed by atoms with van der Waals surface area (Å²) in [7, 11) is 0. The van der Waals surface area contributed by atoms with Crippen molar-refractivity contribution in [2.45, 2.75) is 43.6 Å². The van der Waals surface area contributed by atoms with Crippen LogP contribution in [0.3, 0.4) is 0 Å². The smallest absolute Gasteiger partial charge is 0.335 e. The number of aliphatic hydroxyl groups is 1. The molecule has 6 rings (SSSR count). The maximum absolute atomic E-state index is 11.8. The van der Waals surface area contributed by atoms with Gasteiger partial charge >= 0.3 is 5.97 Å². The lowest BCUT2D eigenvalue weighted by molar-refractivity contribution is -0.605. The van der Waals surface area contributed by atoms with E-state index in [4.69, 9.17) is 39.3 Å². The summed E-state index contributed by atoms with van der Waals surface area (Å²) in [5, 5.41) is 37.7. The number of anilines is 1. The Morgan fingerprint density at radius 3 is 2.44 bits per heavy atom. The number of nitrogens with zero attached hydrogens (tertiary/aromatic N) is 4. The van der Waals surface area contributed by atoms with Gasteiger partial charge < -0.3 is 24.8 Å². The van der Waals surface area contributed by atoms with Crippen LogP contribution in [0.25, 0.3) is 11.3 Å². The molecule has 41 heavy (non-hydrogen) atoms. The number of rotatable bonds is 7. The van der Waals surface area contributed by atoms with E-state index in [0.29, 0.717) is 64.7 Å². The lowest BCUT2D eigenvalue weighted by Gasteiger charge is -2.39. The van der Waals surface area contributed by atoms with Crippen molar-refractivity contribution in [2.75, 3.05) is 18.0 Å². The van der Waals surface area contributed by atoms with Crippen LogP contribution in [0.15, 0.2) is 53.4 Å². The lowest BCUT2D eigenvalue weighted by Crippen LogP contribution is -2.43. The molecule has 0 bridgehead atoms. The average Bonchev–Trinajstić information content (AvgIpc) is 3.70. The number of benzene rings is 1. The van der Waals surface area contributed by atoms with Crippen LogP contribution >= 0.6 is 34.8 Å². The molecule has 4 aromatic rings. The molecule has 3 aromatic heterocycles. The fraction of sp³-hybridized carbons (Fsp3) is 0.310. The Kier molecular flexibility index (Phi) is 7.32. The van der Waals surface area contributed by atoms with E-state index in [0.717, 1.165) is 29.7 Å². The number of hydrogen-bond donors (Lipinski definition) is 2.